The van der Waals surface area contributed by atoms with Gasteiger partial charge in [-0.25, -0.2) is 4.98 Å². The van der Waals surface area contributed by atoms with Crippen LogP contribution >= 0.6 is 11.3 Å². The minimum absolute atomic E-state index is 0.710. The molecule has 0 bridgehead atoms. The Hall–Kier alpha value is -0.940. The highest BCUT2D eigenvalue weighted by Crippen LogP contribution is 2.21. The molecule has 0 aliphatic carbocycles. The molecule has 0 atom stereocenters. The Balaban J connectivity index is 2.17. The van der Waals surface area contributed by atoms with Gasteiger partial charge in [-0.2, -0.15) is 0 Å². The van der Waals surface area contributed by atoms with Crippen LogP contribution < -0.4 is 4.90 Å². The van der Waals surface area contributed by atoms with Crippen molar-refractivity contribution >= 4 is 23.4 Å². The van der Waals surface area contributed by atoms with Gasteiger partial charge >= 0.3 is 0 Å². The van der Waals surface area contributed by atoms with Gasteiger partial charge in [-0.05, 0) is 0 Å². The monoisotopic (exact) mass is 198 g/mol. The Morgan fingerprint density at radius 3 is 3.00 bits per heavy atom. The summed E-state index contributed by atoms with van der Waals surface area (Å²) in [5.41, 5.74) is 1.70. The van der Waals surface area contributed by atoms with Gasteiger partial charge < -0.3 is 9.64 Å². The van der Waals surface area contributed by atoms with E-state index >= 15 is 0 Å². The molecule has 5 heteroatoms. The maximum Gasteiger partial charge on any atom is 0.163 e. The molecule has 2 heterocycles. The number of hydrogen-bond donors (Lipinski definition) is 0. The Morgan fingerprint density at radius 1 is 1.54 bits per heavy atom. The molecule has 2 rings (SSSR count). The predicted octanol–water partition coefficient (Wildman–Crippen LogP) is 0.792. The summed E-state index contributed by atoms with van der Waals surface area (Å²) in [6.45, 7) is 3.08. The predicted molar refractivity (Wildman–Crippen MR) is 50.5 cm³/mol. The number of nitrogens with zero attached hydrogens (tertiary/aromatic N) is 2. The third-order valence-corrected chi connectivity index (χ3v) is 2.74. The highest BCUT2D eigenvalue weighted by molar-refractivity contribution is 7.11. The highest BCUT2D eigenvalue weighted by atomic mass is 32.1. The second-order valence-electron chi connectivity index (χ2n) is 2.76. The standard InChI is InChI=1S/C8H10N2O2S/c11-5-7-8(9-6-13-7)10-1-3-12-4-2-10/h5-6H,1-4H2. The van der Waals surface area contributed by atoms with Gasteiger partial charge in [-0.3, -0.25) is 4.79 Å². The lowest BCUT2D eigenvalue weighted by molar-refractivity contribution is 0.112. The fourth-order valence-electron chi connectivity index (χ4n) is 1.34. The van der Waals surface area contributed by atoms with E-state index in [0.29, 0.717) is 4.88 Å². The average Bonchev–Trinajstić information content (AvgIpc) is 2.67. The van der Waals surface area contributed by atoms with Gasteiger partial charge in [0.25, 0.3) is 0 Å². The van der Waals surface area contributed by atoms with Crippen LogP contribution in [0.3, 0.4) is 0 Å². The first-order valence-corrected chi connectivity index (χ1v) is 5.01. The third-order valence-electron chi connectivity index (χ3n) is 1.99. The van der Waals surface area contributed by atoms with Gasteiger partial charge in [0.05, 0.1) is 18.7 Å². The number of ether oxygens (including phenoxy) is 1. The maximum atomic E-state index is 10.6. The molecule has 1 saturated heterocycles. The van der Waals surface area contributed by atoms with Crippen LogP contribution in [-0.4, -0.2) is 37.6 Å². The van der Waals surface area contributed by atoms with Gasteiger partial charge in [0.2, 0.25) is 0 Å². The van der Waals surface area contributed by atoms with E-state index in [1.165, 1.54) is 11.3 Å². The van der Waals surface area contributed by atoms with E-state index in [0.717, 1.165) is 38.4 Å². The van der Waals surface area contributed by atoms with Gasteiger partial charge in [-0.1, -0.05) is 0 Å². The molecule has 1 aromatic rings. The SMILES string of the molecule is O=Cc1scnc1N1CCOCC1. The first-order chi connectivity index (χ1) is 6.42. The highest BCUT2D eigenvalue weighted by Gasteiger charge is 2.16. The topological polar surface area (TPSA) is 42.4 Å². The van der Waals surface area contributed by atoms with Gasteiger partial charge in [0.1, 0.15) is 10.7 Å². The molecule has 0 spiro atoms. The van der Waals surface area contributed by atoms with Crippen molar-refractivity contribution in [2.75, 3.05) is 31.2 Å². The first-order valence-electron chi connectivity index (χ1n) is 4.13. The van der Waals surface area contributed by atoms with Crippen LogP contribution in [0.4, 0.5) is 5.82 Å². The number of aldehydes is 1. The summed E-state index contributed by atoms with van der Waals surface area (Å²) in [6.07, 6.45) is 0.864. The molecule has 0 aromatic carbocycles. The summed E-state index contributed by atoms with van der Waals surface area (Å²) in [7, 11) is 0. The van der Waals surface area contributed by atoms with Crippen molar-refractivity contribution < 1.29 is 9.53 Å². The average molecular weight is 198 g/mol. The fraction of sp³-hybridized carbons (Fsp3) is 0.500. The molecule has 1 aliphatic heterocycles. The van der Waals surface area contributed by atoms with E-state index < -0.39 is 0 Å². The van der Waals surface area contributed by atoms with Crippen molar-refractivity contribution in [2.45, 2.75) is 0 Å². The third kappa shape index (κ3) is 1.71. The van der Waals surface area contributed by atoms with Crippen LogP contribution in [0.5, 0.6) is 0 Å². The van der Waals surface area contributed by atoms with E-state index in [-0.39, 0.29) is 0 Å². The quantitative estimate of drug-likeness (QED) is 0.659. The van der Waals surface area contributed by atoms with Crippen molar-refractivity contribution in [1.29, 1.82) is 0 Å². The van der Waals surface area contributed by atoms with Crippen molar-refractivity contribution in [3.8, 4) is 0 Å². The summed E-state index contributed by atoms with van der Waals surface area (Å²) in [6, 6.07) is 0. The van der Waals surface area contributed by atoms with Gasteiger partial charge in [0.15, 0.2) is 6.29 Å². The van der Waals surface area contributed by atoms with E-state index in [2.05, 4.69) is 9.88 Å². The van der Waals surface area contributed by atoms with Crippen molar-refractivity contribution in [3.63, 3.8) is 0 Å². The zero-order valence-electron chi connectivity index (χ0n) is 7.10. The summed E-state index contributed by atoms with van der Waals surface area (Å²) < 4.78 is 5.22. The minimum Gasteiger partial charge on any atom is -0.378 e. The molecule has 1 aliphatic rings. The lowest BCUT2D eigenvalue weighted by atomic mass is 10.4. The zero-order chi connectivity index (χ0) is 9.10. The lowest BCUT2D eigenvalue weighted by Crippen LogP contribution is -2.36. The smallest absolute Gasteiger partial charge is 0.163 e. The maximum absolute atomic E-state index is 10.6. The Bertz CT molecular complexity index is 294. The fourth-order valence-corrected chi connectivity index (χ4v) is 1.95. The number of rotatable bonds is 2. The Labute approximate surface area is 80.1 Å². The number of hydrogen-bond acceptors (Lipinski definition) is 5. The van der Waals surface area contributed by atoms with Crippen molar-refractivity contribution in [2.24, 2.45) is 0 Å². The summed E-state index contributed by atoms with van der Waals surface area (Å²) in [5.74, 6) is 0.809. The second kappa shape index (κ2) is 3.85. The Morgan fingerprint density at radius 2 is 2.31 bits per heavy atom. The van der Waals surface area contributed by atoms with Gasteiger partial charge in [-0.15, -0.1) is 11.3 Å². The first kappa shape index (κ1) is 8.65. The zero-order valence-corrected chi connectivity index (χ0v) is 7.92. The molecular formula is C8H10N2O2S. The summed E-state index contributed by atoms with van der Waals surface area (Å²) in [5, 5.41) is 0. The Kier molecular flexibility index (Phi) is 2.56. The summed E-state index contributed by atoms with van der Waals surface area (Å²) in [4.78, 5) is 17.6. The van der Waals surface area contributed by atoms with Crippen LogP contribution in [0.15, 0.2) is 5.51 Å². The molecule has 13 heavy (non-hydrogen) atoms. The minimum atomic E-state index is 0.710. The van der Waals surface area contributed by atoms with E-state index in [4.69, 9.17) is 4.74 Å². The van der Waals surface area contributed by atoms with Crippen LogP contribution in [0.25, 0.3) is 0 Å². The number of thiazole rings is 1. The lowest BCUT2D eigenvalue weighted by Gasteiger charge is -2.27. The molecular weight excluding hydrogens is 188 g/mol. The molecule has 0 amide bonds. The molecule has 0 N–H and O–H groups in total. The number of anilines is 1. The molecule has 0 unspecified atom stereocenters. The van der Waals surface area contributed by atoms with E-state index in [9.17, 15) is 4.79 Å². The molecule has 70 valence electrons. The summed E-state index contributed by atoms with van der Waals surface area (Å²) >= 11 is 1.38. The van der Waals surface area contributed by atoms with E-state index in [1.807, 2.05) is 0 Å². The molecule has 0 saturated carbocycles. The van der Waals surface area contributed by atoms with E-state index in [1.54, 1.807) is 5.51 Å². The number of aromatic nitrogens is 1. The van der Waals surface area contributed by atoms with Crippen molar-refractivity contribution in [1.82, 2.24) is 4.98 Å². The van der Waals surface area contributed by atoms with Gasteiger partial charge in [0, 0.05) is 13.1 Å². The second-order valence-corrected chi connectivity index (χ2v) is 3.64. The molecule has 1 aromatic heterocycles. The number of morpholine rings is 1. The van der Waals surface area contributed by atoms with Crippen LogP contribution in [-0.2, 0) is 4.74 Å². The molecule has 0 radical (unpaired) electrons. The van der Waals surface area contributed by atoms with Crippen LogP contribution in [0.1, 0.15) is 9.67 Å². The largest absolute Gasteiger partial charge is 0.378 e. The van der Waals surface area contributed by atoms with Crippen LogP contribution in [0, 0.1) is 0 Å². The van der Waals surface area contributed by atoms with Crippen LogP contribution in [0.2, 0.25) is 0 Å². The van der Waals surface area contributed by atoms with Crippen molar-refractivity contribution in [3.05, 3.63) is 10.4 Å². The molecule has 4 nitrogen and oxygen atoms in total. The number of carbonyl (C=O) groups excluding carboxylic acids is 1. The normalized spacial score (nSPS) is 17.4. The molecule has 1 fully saturated rings. The number of carbonyl (C=O) groups is 1.